The van der Waals surface area contributed by atoms with Crippen molar-refractivity contribution in [3.8, 4) is 0 Å². The molecule has 0 bridgehead atoms. The normalized spacial score (nSPS) is 14.9. The maximum Gasteiger partial charge on any atom is 0.305 e. The van der Waals surface area contributed by atoms with Crippen LogP contribution in [0.4, 0.5) is 0 Å². The molecule has 0 aromatic rings. The standard InChI is InChI=1S/C11H23NO2/c1-5-9(2)10(3)12-8-6-7-11(13)14-4/h9-10,12H,5-8H2,1-4H3/t9-,10-/m0/s1. The van der Waals surface area contributed by atoms with Crippen molar-refractivity contribution in [3.63, 3.8) is 0 Å². The maximum atomic E-state index is 10.8. The van der Waals surface area contributed by atoms with Crippen LogP contribution in [0, 0.1) is 5.92 Å². The summed E-state index contributed by atoms with van der Waals surface area (Å²) in [7, 11) is 1.43. The summed E-state index contributed by atoms with van der Waals surface area (Å²) in [6, 6.07) is 0.526. The number of carbonyl (C=O) groups is 1. The number of nitrogens with one attached hydrogen (secondary N) is 1. The monoisotopic (exact) mass is 201 g/mol. The lowest BCUT2D eigenvalue weighted by molar-refractivity contribution is -0.140. The average Bonchev–Trinajstić information content (AvgIpc) is 2.22. The molecule has 0 fully saturated rings. The molecule has 0 saturated carbocycles. The molecule has 3 nitrogen and oxygen atoms in total. The van der Waals surface area contributed by atoms with Gasteiger partial charge in [-0.15, -0.1) is 0 Å². The number of methoxy groups -OCH3 is 1. The highest BCUT2D eigenvalue weighted by Gasteiger charge is 2.08. The maximum absolute atomic E-state index is 10.8. The van der Waals surface area contributed by atoms with Crippen LogP contribution in [0.3, 0.4) is 0 Å². The second-order valence-corrected chi connectivity index (χ2v) is 3.81. The van der Waals surface area contributed by atoms with E-state index in [4.69, 9.17) is 0 Å². The number of esters is 1. The molecule has 0 aliphatic carbocycles. The predicted molar refractivity (Wildman–Crippen MR) is 58.2 cm³/mol. The van der Waals surface area contributed by atoms with Gasteiger partial charge in [0.15, 0.2) is 0 Å². The number of hydrogen-bond donors (Lipinski definition) is 1. The van der Waals surface area contributed by atoms with Gasteiger partial charge in [0.05, 0.1) is 7.11 Å². The average molecular weight is 201 g/mol. The first kappa shape index (κ1) is 13.4. The van der Waals surface area contributed by atoms with Gasteiger partial charge in [-0.25, -0.2) is 0 Å². The molecular formula is C11H23NO2. The number of hydrogen-bond acceptors (Lipinski definition) is 3. The van der Waals surface area contributed by atoms with Crippen molar-refractivity contribution in [2.45, 2.75) is 46.1 Å². The van der Waals surface area contributed by atoms with Crippen LogP contribution >= 0.6 is 0 Å². The van der Waals surface area contributed by atoms with E-state index >= 15 is 0 Å². The Morgan fingerprint density at radius 1 is 1.43 bits per heavy atom. The van der Waals surface area contributed by atoms with Gasteiger partial charge in [-0.3, -0.25) is 4.79 Å². The third kappa shape index (κ3) is 5.97. The van der Waals surface area contributed by atoms with Crippen LogP contribution in [-0.2, 0) is 9.53 Å². The largest absolute Gasteiger partial charge is 0.469 e. The molecule has 0 aliphatic heterocycles. The minimum absolute atomic E-state index is 0.122. The van der Waals surface area contributed by atoms with Crippen LogP contribution in [0.25, 0.3) is 0 Å². The van der Waals surface area contributed by atoms with Crippen molar-refractivity contribution < 1.29 is 9.53 Å². The van der Waals surface area contributed by atoms with Gasteiger partial charge < -0.3 is 10.1 Å². The summed E-state index contributed by atoms with van der Waals surface area (Å²) >= 11 is 0. The van der Waals surface area contributed by atoms with Crippen LogP contribution in [0.15, 0.2) is 0 Å². The van der Waals surface area contributed by atoms with Crippen LogP contribution < -0.4 is 5.32 Å². The van der Waals surface area contributed by atoms with E-state index in [1.165, 1.54) is 13.5 Å². The Morgan fingerprint density at radius 3 is 2.57 bits per heavy atom. The third-order valence-corrected chi connectivity index (χ3v) is 2.75. The predicted octanol–water partition coefficient (Wildman–Crippen LogP) is 1.96. The molecule has 0 saturated heterocycles. The first-order chi connectivity index (χ1) is 6.61. The molecule has 0 aliphatic rings. The summed E-state index contributed by atoms with van der Waals surface area (Å²) in [6.07, 6.45) is 2.55. The Hall–Kier alpha value is -0.570. The molecule has 2 atom stereocenters. The zero-order valence-corrected chi connectivity index (χ0v) is 9.80. The van der Waals surface area contributed by atoms with Gasteiger partial charge in [0.1, 0.15) is 0 Å². The molecule has 0 spiro atoms. The second kappa shape index (κ2) is 7.80. The summed E-state index contributed by atoms with van der Waals surface area (Å²) < 4.78 is 4.56. The van der Waals surface area contributed by atoms with Gasteiger partial charge in [-0.2, -0.15) is 0 Å². The van der Waals surface area contributed by atoms with Gasteiger partial charge in [-0.1, -0.05) is 20.3 Å². The Morgan fingerprint density at radius 2 is 2.07 bits per heavy atom. The van der Waals surface area contributed by atoms with Crippen molar-refractivity contribution in [2.75, 3.05) is 13.7 Å². The third-order valence-electron chi connectivity index (χ3n) is 2.75. The highest BCUT2D eigenvalue weighted by Crippen LogP contribution is 2.06. The molecule has 0 radical (unpaired) electrons. The van der Waals surface area contributed by atoms with Crippen LogP contribution in [0.2, 0.25) is 0 Å². The highest BCUT2D eigenvalue weighted by molar-refractivity contribution is 5.69. The number of rotatable bonds is 7. The van der Waals surface area contributed by atoms with Crippen molar-refractivity contribution in [1.29, 1.82) is 0 Å². The Kier molecular flexibility index (Phi) is 7.48. The molecule has 1 N–H and O–H groups in total. The van der Waals surface area contributed by atoms with Gasteiger partial charge in [-0.05, 0) is 25.8 Å². The molecule has 0 aromatic heterocycles. The summed E-state index contributed by atoms with van der Waals surface area (Å²) in [5.41, 5.74) is 0. The van der Waals surface area contributed by atoms with Gasteiger partial charge in [0.25, 0.3) is 0 Å². The first-order valence-corrected chi connectivity index (χ1v) is 5.42. The minimum Gasteiger partial charge on any atom is -0.469 e. The first-order valence-electron chi connectivity index (χ1n) is 5.42. The number of ether oxygens (including phenoxy) is 1. The number of carbonyl (C=O) groups excluding carboxylic acids is 1. The molecule has 0 heterocycles. The van der Waals surface area contributed by atoms with Crippen molar-refractivity contribution in [3.05, 3.63) is 0 Å². The lowest BCUT2D eigenvalue weighted by Crippen LogP contribution is -2.32. The van der Waals surface area contributed by atoms with Crippen LogP contribution in [0.5, 0.6) is 0 Å². The Labute approximate surface area is 87.2 Å². The zero-order chi connectivity index (χ0) is 11.0. The minimum atomic E-state index is -0.122. The van der Waals surface area contributed by atoms with Crippen molar-refractivity contribution in [2.24, 2.45) is 5.92 Å². The molecular weight excluding hydrogens is 178 g/mol. The quantitative estimate of drug-likeness (QED) is 0.505. The SMILES string of the molecule is CC[C@H](C)[C@H](C)NCCCC(=O)OC. The Balaban J connectivity index is 3.40. The Bertz CT molecular complexity index is 159. The fraction of sp³-hybridized carbons (Fsp3) is 0.909. The molecule has 0 amide bonds. The van der Waals surface area contributed by atoms with Gasteiger partial charge in [0.2, 0.25) is 0 Å². The zero-order valence-electron chi connectivity index (χ0n) is 9.80. The van der Waals surface area contributed by atoms with Crippen LogP contribution in [0.1, 0.15) is 40.0 Å². The van der Waals surface area contributed by atoms with E-state index in [0.717, 1.165) is 13.0 Å². The van der Waals surface area contributed by atoms with Gasteiger partial charge in [0, 0.05) is 12.5 Å². The topological polar surface area (TPSA) is 38.3 Å². The fourth-order valence-electron chi connectivity index (χ4n) is 1.22. The molecule has 84 valence electrons. The summed E-state index contributed by atoms with van der Waals surface area (Å²) in [4.78, 5) is 10.8. The second-order valence-electron chi connectivity index (χ2n) is 3.81. The van der Waals surface area contributed by atoms with E-state index in [1.54, 1.807) is 0 Å². The smallest absolute Gasteiger partial charge is 0.305 e. The molecule has 14 heavy (non-hydrogen) atoms. The summed E-state index contributed by atoms with van der Waals surface area (Å²) in [6.45, 7) is 7.50. The summed E-state index contributed by atoms with van der Waals surface area (Å²) in [5.74, 6) is 0.566. The van der Waals surface area contributed by atoms with E-state index in [2.05, 4.69) is 30.8 Å². The van der Waals surface area contributed by atoms with Crippen molar-refractivity contribution >= 4 is 5.97 Å². The van der Waals surface area contributed by atoms with E-state index in [1.807, 2.05) is 0 Å². The molecule has 0 aromatic carbocycles. The molecule has 0 rings (SSSR count). The van der Waals surface area contributed by atoms with Crippen LogP contribution in [-0.4, -0.2) is 25.7 Å². The summed E-state index contributed by atoms with van der Waals surface area (Å²) in [5, 5.41) is 3.40. The highest BCUT2D eigenvalue weighted by atomic mass is 16.5. The van der Waals surface area contributed by atoms with E-state index in [-0.39, 0.29) is 5.97 Å². The van der Waals surface area contributed by atoms with E-state index < -0.39 is 0 Å². The lowest BCUT2D eigenvalue weighted by Gasteiger charge is -2.19. The fourth-order valence-corrected chi connectivity index (χ4v) is 1.22. The molecule has 3 heteroatoms. The molecule has 0 unspecified atom stereocenters. The van der Waals surface area contributed by atoms with Crippen molar-refractivity contribution in [1.82, 2.24) is 5.32 Å². The van der Waals surface area contributed by atoms with E-state index in [9.17, 15) is 4.79 Å². The lowest BCUT2D eigenvalue weighted by atomic mass is 10.0. The van der Waals surface area contributed by atoms with E-state index in [0.29, 0.717) is 18.4 Å². The van der Waals surface area contributed by atoms with Gasteiger partial charge >= 0.3 is 5.97 Å².